The number of benzene rings is 3. The molecule has 3 aromatic rings. The molecule has 0 amide bonds. The van der Waals surface area contributed by atoms with Crippen LogP contribution in [0.1, 0.15) is 18.1 Å². The summed E-state index contributed by atoms with van der Waals surface area (Å²) in [5.41, 5.74) is 2.47. The predicted octanol–water partition coefficient (Wildman–Crippen LogP) is 5.56. The molecule has 0 heterocycles. The fraction of sp³-hybridized carbons (Fsp3) is 0.174. The molecule has 0 aliphatic rings. The molecule has 0 N–H and O–H groups in total. The average molecular weight is 379 g/mol. The lowest BCUT2D eigenvalue weighted by Crippen LogP contribution is -2.00. The summed E-state index contributed by atoms with van der Waals surface area (Å²) in [6, 6.07) is 19.4. The van der Waals surface area contributed by atoms with Crippen molar-refractivity contribution >= 4 is 11.9 Å². The van der Waals surface area contributed by atoms with E-state index in [1.165, 1.54) is 12.1 Å². The van der Waals surface area contributed by atoms with Crippen molar-refractivity contribution in [1.29, 1.82) is 0 Å². The Balaban J connectivity index is 1.73. The van der Waals surface area contributed by atoms with Gasteiger partial charge < -0.3 is 14.2 Å². The molecule has 5 heteroatoms. The number of rotatable bonds is 8. The zero-order valence-corrected chi connectivity index (χ0v) is 15.9. The summed E-state index contributed by atoms with van der Waals surface area (Å²) in [5.74, 6) is 1.74. The summed E-state index contributed by atoms with van der Waals surface area (Å²) < 4.78 is 30.0. The summed E-state index contributed by atoms with van der Waals surface area (Å²) in [4.78, 5) is 4.47. The first-order chi connectivity index (χ1) is 13.7. The maximum absolute atomic E-state index is 13.3. The van der Waals surface area contributed by atoms with E-state index >= 15 is 0 Å². The van der Waals surface area contributed by atoms with Gasteiger partial charge in [0.1, 0.15) is 18.2 Å². The van der Waals surface area contributed by atoms with Gasteiger partial charge in [0.05, 0.1) is 19.4 Å². The standard InChI is InChI=1S/C23H22FNO3/c1-3-27-23-14-17(15-25-20-8-10-21(26-2)11-9-20)7-12-22(23)28-16-18-5-4-6-19(24)13-18/h4-15H,3,16H2,1-2H3. The molecule has 3 aromatic carbocycles. The second-order valence-electron chi connectivity index (χ2n) is 6.01. The first-order valence-corrected chi connectivity index (χ1v) is 9.00. The lowest BCUT2D eigenvalue weighted by atomic mass is 10.2. The summed E-state index contributed by atoms with van der Waals surface area (Å²) in [6.45, 7) is 2.68. The molecule has 0 saturated carbocycles. The topological polar surface area (TPSA) is 40.0 Å². The zero-order chi connectivity index (χ0) is 19.8. The highest BCUT2D eigenvalue weighted by molar-refractivity contribution is 5.83. The van der Waals surface area contributed by atoms with Crippen LogP contribution in [0.3, 0.4) is 0 Å². The van der Waals surface area contributed by atoms with E-state index in [1.807, 2.05) is 55.5 Å². The molecule has 0 aliphatic heterocycles. The van der Waals surface area contributed by atoms with E-state index in [2.05, 4.69) is 4.99 Å². The molecule has 0 bridgehead atoms. The zero-order valence-electron chi connectivity index (χ0n) is 15.9. The van der Waals surface area contributed by atoms with Crippen LogP contribution in [0, 0.1) is 5.82 Å². The van der Waals surface area contributed by atoms with Gasteiger partial charge in [-0.3, -0.25) is 4.99 Å². The molecule has 0 unspecified atom stereocenters. The first-order valence-electron chi connectivity index (χ1n) is 9.00. The molecule has 0 atom stereocenters. The van der Waals surface area contributed by atoms with Crippen LogP contribution in [0.2, 0.25) is 0 Å². The second kappa shape index (κ2) is 9.55. The third kappa shape index (κ3) is 5.33. The molecule has 0 saturated heterocycles. The van der Waals surface area contributed by atoms with Crippen LogP contribution in [0.5, 0.6) is 17.2 Å². The minimum absolute atomic E-state index is 0.261. The number of hydrogen-bond acceptors (Lipinski definition) is 4. The molecule has 0 radical (unpaired) electrons. The Morgan fingerprint density at radius 1 is 0.929 bits per heavy atom. The van der Waals surface area contributed by atoms with Gasteiger partial charge in [-0.15, -0.1) is 0 Å². The van der Waals surface area contributed by atoms with Gasteiger partial charge in [-0.1, -0.05) is 12.1 Å². The summed E-state index contributed by atoms with van der Waals surface area (Å²) in [7, 11) is 1.63. The van der Waals surface area contributed by atoms with E-state index in [9.17, 15) is 4.39 Å². The van der Waals surface area contributed by atoms with E-state index in [-0.39, 0.29) is 12.4 Å². The van der Waals surface area contributed by atoms with Gasteiger partial charge in [-0.25, -0.2) is 4.39 Å². The fourth-order valence-electron chi connectivity index (χ4n) is 2.60. The third-order valence-corrected chi connectivity index (χ3v) is 3.99. The van der Waals surface area contributed by atoms with E-state index in [0.29, 0.717) is 18.1 Å². The highest BCUT2D eigenvalue weighted by atomic mass is 19.1. The minimum atomic E-state index is -0.281. The quantitative estimate of drug-likeness (QED) is 0.481. The van der Waals surface area contributed by atoms with Crippen LogP contribution in [0.25, 0.3) is 0 Å². The molecule has 144 valence electrons. The highest BCUT2D eigenvalue weighted by Gasteiger charge is 2.07. The van der Waals surface area contributed by atoms with Crippen LogP contribution in [-0.2, 0) is 6.61 Å². The molecule has 0 fully saturated rings. The van der Waals surface area contributed by atoms with E-state index < -0.39 is 0 Å². The van der Waals surface area contributed by atoms with E-state index in [4.69, 9.17) is 14.2 Å². The Kier molecular flexibility index (Phi) is 6.63. The van der Waals surface area contributed by atoms with Crippen molar-refractivity contribution in [3.8, 4) is 17.2 Å². The Morgan fingerprint density at radius 2 is 1.75 bits per heavy atom. The van der Waals surface area contributed by atoms with E-state index in [0.717, 1.165) is 22.6 Å². The van der Waals surface area contributed by atoms with Gasteiger partial charge >= 0.3 is 0 Å². The van der Waals surface area contributed by atoms with Gasteiger partial charge in [-0.05, 0) is 72.6 Å². The predicted molar refractivity (Wildman–Crippen MR) is 109 cm³/mol. The maximum Gasteiger partial charge on any atom is 0.161 e. The van der Waals surface area contributed by atoms with E-state index in [1.54, 1.807) is 19.4 Å². The van der Waals surface area contributed by atoms with Crippen molar-refractivity contribution in [2.45, 2.75) is 13.5 Å². The molecule has 28 heavy (non-hydrogen) atoms. The van der Waals surface area contributed by atoms with Crippen molar-refractivity contribution in [3.63, 3.8) is 0 Å². The van der Waals surface area contributed by atoms with Gasteiger partial charge in [-0.2, -0.15) is 0 Å². The Hall–Kier alpha value is -3.34. The van der Waals surface area contributed by atoms with Gasteiger partial charge in [0.2, 0.25) is 0 Å². The normalized spacial score (nSPS) is 10.8. The lowest BCUT2D eigenvalue weighted by Gasteiger charge is -2.12. The fourth-order valence-corrected chi connectivity index (χ4v) is 2.60. The minimum Gasteiger partial charge on any atom is -0.497 e. The molecular weight excluding hydrogens is 357 g/mol. The van der Waals surface area contributed by atoms with Crippen molar-refractivity contribution in [2.24, 2.45) is 4.99 Å². The number of nitrogens with zero attached hydrogens (tertiary/aromatic N) is 1. The van der Waals surface area contributed by atoms with Gasteiger partial charge in [0.25, 0.3) is 0 Å². The van der Waals surface area contributed by atoms with Crippen LogP contribution < -0.4 is 14.2 Å². The van der Waals surface area contributed by atoms with Crippen LogP contribution in [0.4, 0.5) is 10.1 Å². The van der Waals surface area contributed by atoms with Crippen molar-refractivity contribution in [2.75, 3.05) is 13.7 Å². The monoisotopic (exact) mass is 379 g/mol. The van der Waals surface area contributed by atoms with Gasteiger partial charge in [0, 0.05) is 6.21 Å². The Labute approximate surface area is 164 Å². The SMILES string of the molecule is CCOc1cc(C=Nc2ccc(OC)cc2)ccc1OCc1cccc(F)c1. The smallest absolute Gasteiger partial charge is 0.161 e. The number of halogens is 1. The maximum atomic E-state index is 13.3. The summed E-state index contributed by atoms with van der Waals surface area (Å²) >= 11 is 0. The molecule has 4 nitrogen and oxygen atoms in total. The number of ether oxygens (including phenoxy) is 3. The van der Waals surface area contributed by atoms with Crippen LogP contribution in [0.15, 0.2) is 71.7 Å². The summed E-state index contributed by atoms with van der Waals surface area (Å²) in [5, 5.41) is 0. The number of aliphatic imine (C=N–C) groups is 1. The molecule has 0 spiro atoms. The molecule has 3 rings (SSSR count). The third-order valence-electron chi connectivity index (χ3n) is 3.99. The largest absolute Gasteiger partial charge is 0.497 e. The van der Waals surface area contributed by atoms with Crippen molar-refractivity contribution in [3.05, 3.63) is 83.7 Å². The first kappa shape index (κ1) is 19.4. The highest BCUT2D eigenvalue weighted by Crippen LogP contribution is 2.29. The summed E-state index contributed by atoms with van der Waals surface area (Å²) in [6.07, 6.45) is 1.76. The Bertz CT molecular complexity index is 939. The molecule has 0 aromatic heterocycles. The second-order valence-corrected chi connectivity index (χ2v) is 6.01. The lowest BCUT2D eigenvalue weighted by molar-refractivity contribution is 0.269. The number of methoxy groups -OCH3 is 1. The van der Waals surface area contributed by atoms with Crippen molar-refractivity contribution < 1.29 is 18.6 Å². The number of hydrogen-bond donors (Lipinski definition) is 0. The van der Waals surface area contributed by atoms with Crippen LogP contribution in [-0.4, -0.2) is 19.9 Å². The molecular formula is C23H22FNO3. The van der Waals surface area contributed by atoms with Crippen molar-refractivity contribution in [1.82, 2.24) is 0 Å². The van der Waals surface area contributed by atoms with Gasteiger partial charge in [0.15, 0.2) is 11.5 Å². The molecule has 0 aliphatic carbocycles. The van der Waals surface area contributed by atoms with Crippen LogP contribution >= 0.6 is 0 Å². The Morgan fingerprint density at radius 3 is 2.46 bits per heavy atom. The average Bonchev–Trinajstić information content (AvgIpc) is 2.72.